The molecule has 2 N–H and O–H groups in total. The molecule has 0 aliphatic heterocycles. The van der Waals surface area contributed by atoms with E-state index in [-0.39, 0.29) is 5.75 Å². The van der Waals surface area contributed by atoms with Crippen molar-refractivity contribution >= 4 is 17.1 Å². The van der Waals surface area contributed by atoms with Crippen LogP contribution in [0, 0.1) is 0 Å². The van der Waals surface area contributed by atoms with E-state index < -0.39 is 0 Å². The highest BCUT2D eigenvalue weighted by Crippen LogP contribution is 2.22. The number of aromatic hydroxyl groups is 1. The van der Waals surface area contributed by atoms with Gasteiger partial charge < -0.3 is 10.4 Å². The number of benzene rings is 2. The van der Waals surface area contributed by atoms with Gasteiger partial charge in [0, 0.05) is 12.7 Å². The maximum absolute atomic E-state index is 9.13. The summed E-state index contributed by atoms with van der Waals surface area (Å²) in [5, 5.41) is 20.4. The van der Waals surface area contributed by atoms with Crippen LogP contribution in [0.1, 0.15) is 0 Å². The van der Waals surface area contributed by atoms with Crippen LogP contribution < -0.4 is 5.32 Å². The van der Waals surface area contributed by atoms with Crippen molar-refractivity contribution in [2.45, 2.75) is 0 Å². The summed E-state index contributed by atoms with van der Waals surface area (Å²) in [6, 6.07) is 14.2. The largest absolute Gasteiger partial charge is 0.508 e. The van der Waals surface area contributed by atoms with Crippen molar-refractivity contribution in [2.24, 2.45) is 10.2 Å². The zero-order valence-electron chi connectivity index (χ0n) is 9.46. The Kier molecular flexibility index (Phi) is 3.35. The van der Waals surface area contributed by atoms with Gasteiger partial charge in [-0.1, -0.05) is 6.07 Å². The van der Waals surface area contributed by atoms with E-state index in [9.17, 15) is 0 Å². The molecule has 0 radical (unpaired) electrons. The smallest absolute Gasteiger partial charge is 0.115 e. The van der Waals surface area contributed by atoms with E-state index in [0.29, 0.717) is 5.69 Å². The van der Waals surface area contributed by atoms with Gasteiger partial charge in [-0.2, -0.15) is 10.2 Å². The third-order valence-electron chi connectivity index (χ3n) is 2.27. The number of phenols is 1. The molecule has 0 spiro atoms. The van der Waals surface area contributed by atoms with Crippen molar-refractivity contribution < 1.29 is 5.11 Å². The Morgan fingerprint density at radius 2 is 1.65 bits per heavy atom. The van der Waals surface area contributed by atoms with E-state index in [0.717, 1.165) is 11.4 Å². The highest BCUT2D eigenvalue weighted by atomic mass is 16.3. The van der Waals surface area contributed by atoms with Gasteiger partial charge in [0.15, 0.2) is 0 Å². The molecule has 2 aromatic carbocycles. The topological polar surface area (TPSA) is 57.0 Å². The van der Waals surface area contributed by atoms with Crippen LogP contribution in [0.2, 0.25) is 0 Å². The molecule has 0 amide bonds. The van der Waals surface area contributed by atoms with Gasteiger partial charge in [0.2, 0.25) is 0 Å². The number of hydrogen-bond acceptors (Lipinski definition) is 4. The van der Waals surface area contributed by atoms with E-state index in [1.165, 1.54) is 0 Å². The van der Waals surface area contributed by atoms with Gasteiger partial charge in [0.25, 0.3) is 0 Å². The van der Waals surface area contributed by atoms with Gasteiger partial charge in [-0.25, -0.2) is 0 Å². The maximum atomic E-state index is 9.13. The van der Waals surface area contributed by atoms with Crippen LogP contribution in [0.4, 0.5) is 17.1 Å². The third kappa shape index (κ3) is 3.04. The predicted molar refractivity (Wildman–Crippen MR) is 68.3 cm³/mol. The lowest BCUT2D eigenvalue weighted by atomic mass is 10.3. The van der Waals surface area contributed by atoms with Crippen molar-refractivity contribution in [3.05, 3.63) is 48.5 Å². The lowest BCUT2D eigenvalue weighted by Crippen LogP contribution is -1.85. The van der Waals surface area contributed by atoms with E-state index in [2.05, 4.69) is 15.5 Å². The van der Waals surface area contributed by atoms with E-state index >= 15 is 0 Å². The van der Waals surface area contributed by atoms with Crippen LogP contribution in [0.3, 0.4) is 0 Å². The van der Waals surface area contributed by atoms with Gasteiger partial charge in [-0.3, -0.25) is 0 Å². The lowest BCUT2D eigenvalue weighted by Gasteiger charge is -1.99. The standard InChI is InChI=1S/C13H13N3O/c1-14-11-3-2-4-12(9-11)16-15-10-5-7-13(17)8-6-10/h2-9,14,17H,1H3. The average molecular weight is 227 g/mol. The molecular weight excluding hydrogens is 214 g/mol. The summed E-state index contributed by atoms with van der Waals surface area (Å²) in [4.78, 5) is 0. The van der Waals surface area contributed by atoms with Crippen LogP contribution in [0.25, 0.3) is 0 Å². The highest BCUT2D eigenvalue weighted by molar-refractivity contribution is 5.53. The summed E-state index contributed by atoms with van der Waals surface area (Å²) in [5.74, 6) is 0.223. The molecule has 2 rings (SSSR count). The molecule has 0 aromatic heterocycles. The van der Waals surface area contributed by atoms with Crippen molar-refractivity contribution in [2.75, 3.05) is 12.4 Å². The summed E-state index contributed by atoms with van der Waals surface area (Å²) in [6.07, 6.45) is 0. The Morgan fingerprint density at radius 1 is 0.941 bits per heavy atom. The zero-order valence-corrected chi connectivity index (χ0v) is 9.46. The molecule has 0 aliphatic rings. The molecule has 4 nitrogen and oxygen atoms in total. The fraction of sp³-hybridized carbons (Fsp3) is 0.0769. The second-order valence-electron chi connectivity index (χ2n) is 3.52. The number of phenolic OH excluding ortho intramolecular Hbond substituents is 1. The van der Waals surface area contributed by atoms with E-state index in [1.54, 1.807) is 24.3 Å². The first-order chi connectivity index (χ1) is 8.28. The van der Waals surface area contributed by atoms with Crippen molar-refractivity contribution in [1.29, 1.82) is 0 Å². The Morgan fingerprint density at radius 3 is 2.35 bits per heavy atom. The summed E-state index contributed by atoms with van der Waals surface area (Å²) >= 11 is 0. The minimum atomic E-state index is 0.223. The second kappa shape index (κ2) is 5.12. The van der Waals surface area contributed by atoms with Crippen molar-refractivity contribution in [3.63, 3.8) is 0 Å². The molecule has 0 aliphatic carbocycles. The van der Waals surface area contributed by atoms with Crippen molar-refractivity contribution in [3.8, 4) is 5.75 Å². The van der Waals surface area contributed by atoms with Gasteiger partial charge in [0.1, 0.15) is 5.75 Å². The molecule has 0 saturated carbocycles. The van der Waals surface area contributed by atoms with Crippen LogP contribution >= 0.6 is 0 Å². The Labute approximate surface area is 99.6 Å². The predicted octanol–water partition coefficient (Wildman–Crippen LogP) is 3.85. The monoisotopic (exact) mass is 227 g/mol. The molecule has 17 heavy (non-hydrogen) atoms. The fourth-order valence-corrected chi connectivity index (χ4v) is 1.36. The summed E-state index contributed by atoms with van der Waals surface area (Å²) in [7, 11) is 1.86. The third-order valence-corrected chi connectivity index (χ3v) is 2.27. The summed E-state index contributed by atoms with van der Waals surface area (Å²) in [6.45, 7) is 0. The molecule has 0 bridgehead atoms. The second-order valence-corrected chi connectivity index (χ2v) is 3.52. The van der Waals surface area contributed by atoms with Crippen LogP contribution in [0.15, 0.2) is 58.8 Å². The van der Waals surface area contributed by atoms with Crippen LogP contribution in [-0.2, 0) is 0 Å². The molecule has 86 valence electrons. The van der Waals surface area contributed by atoms with E-state index in [1.807, 2.05) is 31.3 Å². The molecule has 0 atom stereocenters. The molecule has 2 aromatic rings. The molecule has 0 fully saturated rings. The van der Waals surface area contributed by atoms with Crippen molar-refractivity contribution in [1.82, 2.24) is 0 Å². The summed E-state index contributed by atoms with van der Waals surface area (Å²) < 4.78 is 0. The SMILES string of the molecule is CNc1cccc(N=Nc2ccc(O)cc2)c1. The lowest BCUT2D eigenvalue weighted by molar-refractivity contribution is 0.475. The number of hydrogen-bond donors (Lipinski definition) is 2. The zero-order chi connectivity index (χ0) is 12.1. The minimum Gasteiger partial charge on any atom is -0.508 e. The van der Waals surface area contributed by atoms with Gasteiger partial charge in [0.05, 0.1) is 11.4 Å². The van der Waals surface area contributed by atoms with Gasteiger partial charge in [-0.15, -0.1) is 0 Å². The first-order valence-electron chi connectivity index (χ1n) is 5.26. The number of nitrogens with zero attached hydrogens (tertiary/aromatic N) is 2. The Hall–Kier alpha value is -2.36. The number of azo groups is 1. The summed E-state index contributed by atoms with van der Waals surface area (Å²) in [5.41, 5.74) is 2.48. The number of nitrogens with one attached hydrogen (secondary N) is 1. The molecule has 4 heteroatoms. The van der Waals surface area contributed by atoms with Crippen LogP contribution in [0.5, 0.6) is 5.75 Å². The Balaban J connectivity index is 2.16. The maximum Gasteiger partial charge on any atom is 0.115 e. The van der Waals surface area contributed by atoms with Gasteiger partial charge >= 0.3 is 0 Å². The first-order valence-corrected chi connectivity index (χ1v) is 5.26. The Bertz CT molecular complexity index is 520. The molecule has 0 saturated heterocycles. The molecule has 0 heterocycles. The highest BCUT2D eigenvalue weighted by Gasteiger charge is 1.93. The minimum absolute atomic E-state index is 0.223. The molecule has 0 unspecified atom stereocenters. The number of rotatable bonds is 3. The normalized spacial score (nSPS) is 10.6. The molecular formula is C13H13N3O. The quantitative estimate of drug-likeness (QED) is 0.782. The fourth-order valence-electron chi connectivity index (χ4n) is 1.36. The van der Waals surface area contributed by atoms with Gasteiger partial charge in [-0.05, 0) is 42.5 Å². The number of anilines is 1. The van der Waals surface area contributed by atoms with Crippen LogP contribution in [-0.4, -0.2) is 12.2 Å². The first kappa shape index (κ1) is 11.1. The average Bonchev–Trinajstić information content (AvgIpc) is 2.38. The van der Waals surface area contributed by atoms with E-state index in [4.69, 9.17) is 5.11 Å².